The molecule has 2 heterocycles. The van der Waals surface area contributed by atoms with E-state index in [1.807, 2.05) is 0 Å². The number of hydrogen-bond donors (Lipinski definition) is 1. The standard InChI is InChI=1S/C11H9ClN4O3S/c1-5-8(11(18)19)10(20-15-5)16(2)9(17)6-3-13-4-7(12)14-6/h3-4H,1-2H3,(H,18,19). The highest BCUT2D eigenvalue weighted by Gasteiger charge is 2.25. The summed E-state index contributed by atoms with van der Waals surface area (Å²) in [4.78, 5) is 32.2. The summed E-state index contributed by atoms with van der Waals surface area (Å²) in [6.45, 7) is 1.57. The molecular formula is C11H9ClN4O3S. The molecule has 0 aliphatic heterocycles. The number of aromatic nitrogens is 3. The average Bonchev–Trinajstić information content (AvgIpc) is 2.79. The summed E-state index contributed by atoms with van der Waals surface area (Å²) in [6.07, 6.45) is 2.57. The van der Waals surface area contributed by atoms with Crippen LogP contribution in [0.25, 0.3) is 0 Å². The smallest absolute Gasteiger partial charge is 0.340 e. The Bertz CT molecular complexity index is 688. The fourth-order valence-electron chi connectivity index (χ4n) is 1.54. The highest BCUT2D eigenvalue weighted by molar-refractivity contribution is 7.11. The number of carboxylic acids is 1. The first-order chi connectivity index (χ1) is 9.41. The van der Waals surface area contributed by atoms with Gasteiger partial charge in [-0.25, -0.2) is 9.78 Å². The van der Waals surface area contributed by atoms with E-state index in [2.05, 4.69) is 14.3 Å². The van der Waals surface area contributed by atoms with Crippen LogP contribution >= 0.6 is 23.1 Å². The maximum absolute atomic E-state index is 12.2. The maximum Gasteiger partial charge on any atom is 0.340 e. The summed E-state index contributed by atoms with van der Waals surface area (Å²) in [5, 5.41) is 9.48. The number of nitrogens with zero attached hydrogens (tertiary/aromatic N) is 4. The van der Waals surface area contributed by atoms with Crippen molar-refractivity contribution in [1.29, 1.82) is 0 Å². The topological polar surface area (TPSA) is 96.3 Å². The van der Waals surface area contributed by atoms with Crippen LogP contribution < -0.4 is 4.90 Å². The van der Waals surface area contributed by atoms with Crippen molar-refractivity contribution in [3.63, 3.8) is 0 Å². The zero-order valence-corrected chi connectivity index (χ0v) is 12.1. The fraction of sp³-hybridized carbons (Fsp3) is 0.182. The van der Waals surface area contributed by atoms with E-state index in [0.29, 0.717) is 5.69 Å². The summed E-state index contributed by atoms with van der Waals surface area (Å²) in [6, 6.07) is 0. The highest BCUT2D eigenvalue weighted by atomic mass is 35.5. The summed E-state index contributed by atoms with van der Waals surface area (Å²) in [7, 11) is 1.45. The minimum absolute atomic E-state index is 0.000775. The monoisotopic (exact) mass is 312 g/mol. The Morgan fingerprint density at radius 2 is 2.10 bits per heavy atom. The van der Waals surface area contributed by atoms with Gasteiger partial charge in [-0.2, -0.15) is 4.37 Å². The largest absolute Gasteiger partial charge is 0.478 e. The molecule has 0 fully saturated rings. The molecule has 0 saturated carbocycles. The number of aryl methyl sites for hydroxylation is 1. The van der Waals surface area contributed by atoms with E-state index in [9.17, 15) is 9.59 Å². The van der Waals surface area contributed by atoms with Gasteiger partial charge in [0.05, 0.1) is 18.1 Å². The van der Waals surface area contributed by atoms with E-state index in [1.165, 1.54) is 24.3 Å². The first kappa shape index (κ1) is 14.4. The SMILES string of the molecule is Cc1nsc(N(C)C(=O)c2cncc(Cl)n2)c1C(=O)O. The Morgan fingerprint density at radius 3 is 2.70 bits per heavy atom. The molecule has 0 atom stereocenters. The van der Waals surface area contributed by atoms with Gasteiger partial charge in [-0.05, 0) is 18.5 Å². The predicted molar refractivity (Wildman–Crippen MR) is 73.6 cm³/mol. The van der Waals surface area contributed by atoms with Crippen molar-refractivity contribution in [3.05, 3.63) is 34.5 Å². The number of rotatable bonds is 3. The molecule has 1 N–H and O–H groups in total. The van der Waals surface area contributed by atoms with Crippen LogP contribution in [-0.2, 0) is 0 Å². The van der Waals surface area contributed by atoms with Crippen molar-refractivity contribution in [3.8, 4) is 0 Å². The highest BCUT2D eigenvalue weighted by Crippen LogP contribution is 2.28. The van der Waals surface area contributed by atoms with Gasteiger partial charge in [0.25, 0.3) is 5.91 Å². The van der Waals surface area contributed by atoms with Crippen molar-refractivity contribution in [2.75, 3.05) is 11.9 Å². The molecule has 2 aromatic rings. The zero-order chi connectivity index (χ0) is 14.9. The van der Waals surface area contributed by atoms with Crippen LogP contribution in [0.2, 0.25) is 5.15 Å². The summed E-state index contributed by atoms with van der Waals surface area (Å²) < 4.78 is 3.96. The van der Waals surface area contributed by atoms with Crippen LogP contribution in [0.5, 0.6) is 0 Å². The Hall–Kier alpha value is -2.06. The van der Waals surface area contributed by atoms with Gasteiger partial charge in [0, 0.05) is 7.05 Å². The van der Waals surface area contributed by atoms with Crippen LogP contribution in [0.4, 0.5) is 5.00 Å². The Kier molecular flexibility index (Phi) is 3.96. The number of halogens is 1. The molecule has 0 bridgehead atoms. The molecule has 1 amide bonds. The van der Waals surface area contributed by atoms with Gasteiger partial charge in [-0.1, -0.05) is 11.6 Å². The first-order valence-corrected chi connectivity index (χ1v) is 6.52. The minimum Gasteiger partial charge on any atom is -0.478 e. The van der Waals surface area contributed by atoms with Gasteiger partial charge in [0.2, 0.25) is 0 Å². The molecule has 20 heavy (non-hydrogen) atoms. The molecule has 0 radical (unpaired) electrons. The van der Waals surface area contributed by atoms with E-state index >= 15 is 0 Å². The third kappa shape index (κ3) is 2.61. The van der Waals surface area contributed by atoms with E-state index < -0.39 is 11.9 Å². The normalized spacial score (nSPS) is 10.3. The minimum atomic E-state index is -1.14. The third-order valence-corrected chi connectivity index (χ3v) is 3.69. The van der Waals surface area contributed by atoms with Crippen molar-refractivity contribution >= 4 is 40.0 Å². The fourth-order valence-corrected chi connectivity index (χ4v) is 2.54. The van der Waals surface area contributed by atoms with E-state index in [-0.39, 0.29) is 21.4 Å². The molecule has 0 unspecified atom stereocenters. The number of carbonyl (C=O) groups is 2. The molecule has 0 aromatic carbocycles. The number of carboxylic acid groups (broad SMARTS) is 1. The molecule has 0 spiro atoms. The lowest BCUT2D eigenvalue weighted by atomic mass is 10.2. The zero-order valence-electron chi connectivity index (χ0n) is 10.5. The second kappa shape index (κ2) is 5.51. The molecule has 0 aliphatic rings. The van der Waals surface area contributed by atoms with E-state index in [1.54, 1.807) is 6.92 Å². The first-order valence-electron chi connectivity index (χ1n) is 5.37. The van der Waals surface area contributed by atoms with Gasteiger partial charge >= 0.3 is 5.97 Å². The molecule has 2 aromatic heterocycles. The number of aromatic carboxylic acids is 1. The molecule has 104 valence electrons. The number of carbonyl (C=O) groups excluding carboxylic acids is 1. The third-order valence-electron chi connectivity index (χ3n) is 2.49. The molecule has 0 aliphatic carbocycles. The van der Waals surface area contributed by atoms with Gasteiger partial charge < -0.3 is 5.11 Å². The molecular weight excluding hydrogens is 304 g/mol. The van der Waals surface area contributed by atoms with Crippen LogP contribution in [0.15, 0.2) is 12.4 Å². The number of amides is 1. The summed E-state index contributed by atoms with van der Waals surface area (Å²) in [5.41, 5.74) is 0.387. The van der Waals surface area contributed by atoms with E-state index in [0.717, 1.165) is 11.5 Å². The average molecular weight is 313 g/mol. The molecule has 9 heteroatoms. The Morgan fingerprint density at radius 1 is 1.40 bits per heavy atom. The summed E-state index contributed by atoms with van der Waals surface area (Å²) >= 11 is 6.61. The molecule has 7 nitrogen and oxygen atoms in total. The Labute approximate surface area is 123 Å². The number of hydrogen-bond acceptors (Lipinski definition) is 6. The van der Waals surface area contributed by atoms with Crippen LogP contribution in [0.1, 0.15) is 26.5 Å². The Balaban J connectivity index is 2.39. The lowest BCUT2D eigenvalue weighted by Crippen LogP contribution is -2.28. The van der Waals surface area contributed by atoms with E-state index in [4.69, 9.17) is 16.7 Å². The molecule has 0 saturated heterocycles. The lowest BCUT2D eigenvalue weighted by Gasteiger charge is -2.15. The predicted octanol–water partition coefficient (Wildman–Crippen LogP) is 1.87. The van der Waals surface area contributed by atoms with Gasteiger partial charge in [-0.15, -0.1) is 0 Å². The lowest BCUT2D eigenvalue weighted by molar-refractivity contribution is 0.0697. The summed E-state index contributed by atoms with van der Waals surface area (Å²) in [5.74, 6) is -1.64. The van der Waals surface area contributed by atoms with Crippen LogP contribution in [0.3, 0.4) is 0 Å². The second-order valence-corrected chi connectivity index (χ2v) is 4.98. The maximum atomic E-state index is 12.2. The second-order valence-electron chi connectivity index (χ2n) is 3.84. The number of anilines is 1. The van der Waals surface area contributed by atoms with Gasteiger partial charge in [-0.3, -0.25) is 14.7 Å². The van der Waals surface area contributed by atoms with Gasteiger partial charge in [0.15, 0.2) is 0 Å². The van der Waals surface area contributed by atoms with Crippen LogP contribution in [-0.4, -0.2) is 38.4 Å². The van der Waals surface area contributed by atoms with Crippen LogP contribution in [0, 0.1) is 6.92 Å². The quantitative estimate of drug-likeness (QED) is 0.929. The van der Waals surface area contributed by atoms with Crippen molar-refractivity contribution in [2.45, 2.75) is 6.92 Å². The van der Waals surface area contributed by atoms with Crippen molar-refractivity contribution in [1.82, 2.24) is 14.3 Å². The van der Waals surface area contributed by atoms with Gasteiger partial charge in [0.1, 0.15) is 21.4 Å². The van der Waals surface area contributed by atoms with Crippen molar-refractivity contribution in [2.24, 2.45) is 0 Å². The van der Waals surface area contributed by atoms with Crippen molar-refractivity contribution < 1.29 is 14.7 Å². The molecule has 2 rings (SSSR count).